The van der Waals surface area contributed by atoms with Crippen LogP contribution >= 0.6 is 35.0 Å². The van der Waals surface area contributed by atoms with Crippen LogP contribution in [0.5, 0.6) is 0 Å². The van der Waals surface area contributed by atoms with Crippen LogP contribution in [0.25, 0.3) is 11.8 Å². The minimum absolute atomic E-state index is 0.158. The number of aromatic nitrogens is 1. The van der Waals surface area contributed by atoms with E-state index in [-0.39, 0.29) is 5.91 Å². The molecule has 1 amide bonds. The first-order chi connectivity index (χ1) is 14.3. The molecule has 152 valence electrons. The van der Waals surface area contributed by atoms with E-state index in [9.17, 15) is 4.79 Å². The third-order valence-electron chi connectivity index (χ3n) is 4.89. The van der Waals surface area contributed by atoms with Gasteiger partial charge in [-0.3, -0.25) is 4.79 Å². The summed E-state index contributed by atoms with van der Waals surface area (Å²) in [6.07, 6.45) is 1.90. The predicted molar refractivity (Wildman–Crippen MR) is 127 cm³/mol. The average molecular weight is 456 g/mol. The van der Waals surface area contributed by atoms with Gasteiger partial charge in [-0.2, -0.15) is 0 Å². The maximum absolute atomic E-state index is 12.5. The van der Waals surface area contributed by atoms with Crippen LogP contribution in [0.15, 0.2) is 58.4 Å². The van der Waals surface area contributed by atoms with Crippen LogP contribution in [-0.4, -0.2) is 15.6 Å². The summed E-state index contributed by atoms with van der Waals surface area (Å²) in [5.74, 6) is -0.158. The topological polar surface area (TPSA) is 46.4 Å². The molecule has 2 heterocycles. The summed E-state index contributed by atoms with van der Waals surface area (Å²) in [5.41, 5.74) is 5.88. The van der Waals surface area contributed by atoms with Gasteiger partial charge in [-0.15, -0.1) is 0 Å². The summed E-state index contributed by atoms with van der Waals surface area (Å²) in [7, 11) is 0. The van der Waals surface area contributed by atoms with E-state index in [1.807, 2.05) is 63.2 Å². The van der Waals surface area contributed by atoms with Gasteiger partial charge in [0.25, 0.3) is 5.91 Å². The Balaban J connectivity index is 1.65. The quantitative estimate of drug-likeness (QED) is 0.452. The number of carbonyl (C=O) groups excluding carboxylic acids is 1. The number of hydrogen-bond acceptors (Lipinski definition) is 3. The molecule has 0 unspecified atom stereocenters. The number of halogens is 2. The van der Waals surface area contributed by atoms with Crippen LogP contribution in [0.1, 0.15) is 22.5 Å². The number of thioether (sulfide) groups is 1. The fourth-order valence-electron chi connectivity index (χ4n) is 3.36. The Bertz CT molecular complexity index is 1210. The Morgan fingerprint density at radius 2 is 1.70 bits per heavy atom. The summed E-state index contributed by atoms with van der Waals surface area (Å²) in [6.45, 7) is 6.04. The van der Waals surface area contributed by atoms with Crippen LogP contribution in [-0.2, 0) is 4.79 Å². The van der Waals surface area contributed by atoms with Gasteiger partial charge in [0, 0.05) is 27.1 Å². The van der Waals surface area contributed by atoms with Crippen molar-refractivity contribution >= 4 is 57.8 Å². The fourth-order valence-corrected chi connectivity index (χ4v) is 4.47. The number of nitrogens with zero attached hydrogens (tertiary/aromatic N) is 2. The minimum Gasteiger partial charge on any atom is -0.318 e. The molecule has 0 saturated carbocycles. The van der Waals surface area contributed by atoms with E-state index in [1.54, 1.807) is 6.07 Å². The number of hydrogen-bond donors (Lipinski definition) is 1. The smallest absolute Gasteiger partial charge is 0.264 e. The van der Waals surface area contributed by atoms with Crippen LogP contribution in [0.2, 0.25) is 10.0 Å². The van der Waals surface area contributed by atoms with E-state index in [0.29, 0.717) is 20.1 Å². The van der Waals surface area contributed by atoms with Gasteiger partial charge in [0.1, 0.15) is 0 Å². The number of amides is 1. The summed E-state index contributed by atoms with van der Waals surface area (Å²) < 4.78 is 2.14. The predicted octanol–water partition coefficient (Wildman–Crippen LogP) is 6.60. The van der Waals surface area contributed by atoms with Crippen molar-refractivity contribution in [1.29, 1.82) is 0 Å². The van der Waals surface area contributed by atoms with E-state index >= 15 is 0 Å². The molecule has 0 bridgehead atoms. The Morgan fingerprint density at radius 1 is 1.00 bits per heavy atom. The zero-order chi connectivity index (χ0) is 21.4. The molecule has 1 fully saturated rings. The Hall–Kier alpha value is -2.47. The molecule has 4 nitrogen and oxygen atoms in total. The van der Waals surface area contributed by atoms with Crippen molar-refractivity contribution in [3.8, 4) is 5.69 Å². The molecule has 7 heteroatoms. The number of carbonyl (C=O) groups is 1. The second kappa shape index (κ2) is 8.34. The molecule has 1 saturated heterocycles. The highest BCUT2D eigenvalue weighted by atomic mass is 35.5. The lowest BCUT2D eigenvalue weighted by molar-refractivity contribution is -0.115. The second-order valence-electron chi connectivity index (χ2n) is 7.05. The maximum atomic E-state index is 12.5. The Labute approximate surface area is 189 Å². The van der Waals surface area contributed by atoms with Crippen molar-refractivity contribution in [2.75, 3.05) is 0 Å². The zero-order valence-electron chi connectivity index (χ0n) is 16.7. The molecular weight excluding hydrogens is 437 g/mol. The van der Waals surface area contributed by atoms with E-state index in [4.69, 9.17) is 23.2 Å². The van der Waals surface area contributed by atoms with E-state index in [2.05, 4.69) is 20.9 Å². The first-order valence-corrected chi connectivity index (χ1v) is 10.9. The van der Waals surface area contributed by atoms with E-state index < -0.39 is 0 Å². The number of benzene rings is 2. The highest BCUT2D eigenvalue weighted by Crippen LogP contribution is 2.32. The lowest BCUT2D eigenvalue weighted by Crippen LogP contribution is -2.19. The van der Waals surface area contributed by atoms with Crippen LogP contribution in [0, 0.1) is 20.8 Å². The zero-order valence-corrected chi connectivity index (χ0v) is 19.0. The molecule has 3 aromatic rings. The first-order valence-electron chi connectivity index (χ1n) is 9.32. The minimum atomic E-state index is -0.158. The fraction of sp³-hybridized carbons (Fsp3) is 0.130. The largest absolute Gasteiger partial charge is 0.318 e. The maximum Gasteiger partial charge on any atom is 0.264 e. The molecule has 0 spiro atoms. The van der Waals surface area contributed by atoms with Crippen molar-refractivity contribution in [3.05, 3.63) is 86.0 Å². The number of nitrogens with one attached hydrogen (secondary N) is 1. The normalized spacial score (nSPS) is 16.5. The Kier molecular flexibility index (Phi) is 5.78. The van der Waals surface area contributed by atoms with Gasteiger partial charge in [-0.05, 0) is 92.2 Å². The second-order valence-corrected chi connectivity index (χ2v) is 8.95. The number of amidine groups is 1. The third kappa shape index (κ3) is 4.19. The van der Waals surface area contributed by atoms with Crippen LogP contribution in [0.3, 0.4) is 0 Å². The molecule has 30 heavy (non-hydrogen) atoms. The Morgan fingerprint density at radius 3 is 2.43 bits per heavy atom. The lowest BCUT2D eigenvalue weighted by atomic mass is 10.2. The van der Waals surface area contributed by atoms with Crippen LogP contribution in [0.4, 0.5) is 5.69 Å². The van der Waals surface area contributed by atoms with Crippen molar-refractivity contribution in [1.82, 2.24) is 9.88 Å². The summed E-state index contributed by atoms with van der Waals surface area (Å²) >= 11 is 13.4. The molecule has 1 N–H and O–H groups in total. The lowest BCUT2D eigenvalue weighted by Gasteiger charge is -2.09. The molecule has 0 radical (unpaired) electrons. The van der Waals surface area contributed by atoms with Crippen molar-refractivity contribution in [2.45, 2.75) is 20.8 Å². The van der Waals surface area contributed by atoms with Gasteiger partial charge < -0.3 is 9.88 Å². The summed E-state index contributed by atoms with van der Waals surface area (Å²) in [5, 5.41) is 4.69. The molecule has 0 atom stereocenters. The molecule has 2 aromatic carbocycles. The standard InChI is InChI=1S/C23H19Cl2N3OS/c1-13-4-5-18(25)12-20(13)26-23-27-22(29)21(30-23)11-16-10-14(2)28(15(16)3)19-8-6-17(24)7-9-19/h4-12H,1-3H3,(H,26,27,29)/b21-11-. The van der Waals surface area contributed by atoms with Gasteiger partial charge in [0.05, 0.1) is 10.6 Å². The highest BCUT2D eigenvalue weighted by molar-refractivity contribution is 8.18. The molecule has 1 aliphatic rings. The van der Waals surface area contributed by atoms with Crippen molar-refractivity contribution in [3.63, 3.8) is 0 Å². The molecule has 1 aromatic heterocycles. The monoisotopic (exact) mass is 455 g/mol. The van der Waals surface area contributed by atoms with Crippen molar-refractivity contribution in [2.24, 2.45) is 4.99 Å². The van der Waals surface area contributed by atoms with E-state index in [0.717, 1.165) is 33.9 Å². The summed E-state index contributed by atoms with van der Waals surface area (Å²) in [4.78, 5) is 17.7. The molecular formula is C23H19Cl2N3OS. The van der Waals surface area contributed by atoms with Crippen molar-refractivity contribution < 1.29 is 4.79 Å². The molecule has 0 aliphatic carbocycles. The van der Waals surface area contributed by atoms with Gasteiger partial charge in [-0.1, -0.05) is 29.3 Å². The van der Waals surface area contributed by atoms with E-state index in [1.165, 1.54) is 11.8 Å². The summed E-state index contributed by atoms with van der Waals surface area (Å²) in [6, 6.07) is 15.3. The number of rotatable bonds is 3. The SMILES string of the molecule is Cc1ccc(Cl)cc1N=C1NC(=O)/C(=C/c2cc(C)n(-c3ccc(Cl)cc3)c2C)S1. The van der Waals surface area contributed by atoms with Crippen LogP contribution < -0.4 is 5.32 Å². The average Bonchev–Trinajstić information content (AvgIpc) is 3.18. The number of aliphatic imine (C=N–C) groups is 1. The van der Waals surface area contributed by atoms with Gasteiger partial charge in [0.15, 0.2) is 5.17 Å². The number of aryl methyl sites for hydroxylation is 2. The van der Waals surface area contributed by atoms with Gasteiger partial charge in [-0.25, -0.2) is 4.99 Å². The van der Waals surface area contributed by atoms with Gasteiger partial charge >= 0.3 is 0 Å². The highest BCUT2D eigenvalue weighted by Gasteiger charge is 2.25. The van der Waals surface area contributed by atoms with Gasteiger partial charge in [0.2, 0.25) is 0 Å². The molecule has 1 aliphatic heterocycles. The first kappa shape index (κ1) is 20.8. The third-order valence-corrected chi connectivity index (χ3v) is 6.28. The molecule has 4 rings (SSSR count).